The molecular formula is C21H30O5. The molecule has 144 valence electrons. The van der Waals surface area contributed by atoms with Gasteiger partial charge in [0.15, 0.2) is 5.41 Å². The molecule has 26 heavy (non-hydrogen) atoms. The van der Waals surface area contributed by atoms with Crippen LogP contribution in [0.3, 0.4) is 0 Å². The Kier molecular flexibility index (Phi) is 9.48. The first-order valence-corrected chi connectivity index (χ1v) is 9.25. The molecular weight excluding hydrogens is 332 g/mol. The fraction of sp³-hybridized carbons (Fsp3) is 0.524. The van der Waals surface area contributed by atoms with Crippen LogP contribution in [0.2, 0.25) is 0 Å². The number of carboxylic acids is 2. The lowest BCUT2D eigenvalue weighted by molar-refractivity contribution is -0.165. The summed E-state index contributed by atoms with van der Waals surface area (Å²) in [5, 5.41) is 18.7. The Morgan fingerprint density at radius 3 is 2.23 bits per heavy atom. The first-order chi connectivity index (χ1) is 12.5. The number of ether oxygens (including phenoxy) is 1. The van der Waals surface area contributed by atoms with Crippen LogP contribution in [0.4, 0.5) is 0 Å². The minimum absolute atomic E-state index is 0.0152. The van der Waals surface area contributed by atoms with Crippen molar-refractivity contribution < 1.29 is 24.5 Å². The molecule has 5 heteroatoms. The molecule has 0 amide bonds. The molecule has 0 aromatic heterocycles. The number of hydrogen-bond donors (Lipinski definition) is 2. The van der Waals surface area contributed by atoms with Gasteiger partial charge in [0.2, 0.25) is 0 Å². The number of carbonyl (C=O) groups is 2. The zero-order valence-corrected chi connectivity index (χ0v) is 15.6. The second-order valence-corrected chi connectivity index (χ2v) is 6.59. The summed E-state index contributed by atoms with van der Waals surface area (Å²) in [5.41, 5.74) is -0.939. The number of hydrogen-bond acceptors (Lipinski definition) is 3. The van der Waals surface area contributed by atoms with Crippen LogP contribution in [0.5, 0.6) is 5.75 Å². The number of rotatable bonds is 14. The minimum Gasteiger partial charge on any atom is -0.494 e. The highest BCUT2D eigenvalue weighted by Gasteiger charge is 2.44. The summed E-state index contributed by atoms with van der Waals surface area (Å²) in [6.45, 7) is 6.36. The monoisotopic (exact) mass is 362 g/mol. The molecule has 0 spiro atoms. The zero-order valence-electron chi connectivity index (χ0n) is 15.6. The van der Waals surface area contributed by atoms with Gasteiger partial charge in [-0.15, -0.1) is 6.58 Å². The van der Waals surface area contributed by atoms with E-state index in [1.165, 1.54) is 31.8 Å². The Labute approximate surface area is 155 Å². The molecule has 1 aromatic rings. The van der Waals surface area contributed by atoms with Crippen LogP contribution < -0.4 is 4.74 Å². The topological polar surface area (TPSA) is 83.8 Å². The van der Waals surface area contributed by atoms with E-state index in [1.807, 2.05) is 24.3 Å². The third-order valence-electron chi connectivity index (χ3n) is 4.59. The summed E-state index contributed by atoms with van der Waals surface area (Å²) in [7, 11) is 0. The summed E-state index contributed by atoms with van der Waals surface area (Å²) in [5.74, 6) is -1.88. The van der Waals surface area contributed by atoms with E-state index in [0.717, 1.165) is 17.7 Å². The van der Waals surface area contributed by atoms with E-state index in [-0.39, 0.29) is 12.8 Å². The molecule has 0 atom stereocenters. The second kappa shape index (κ2) is 11.3. The molecule has 0 saturated carbocycles. The molecule has 2 N–H and O–H groups in total. The lowest BCUT2D eigenvalue weighted by Gasteiger charge is -2.23. The lowest BCUT2D eigenvalue weighted by Crippen LogP contribution is -2.39. The largest absolute Gasteiger partial charge is 0.494 e. The Hall–Kier alpha value is -2.30. The standard InChI is InChI=1S/C21H30O5/c1-3-5-6-7-8-16-26-18-11-9-17(10-12-18)13-15-21(14-4-2,19(22)23)20(24)25/h4,9-12H,2-3,5-8,13-16H2,1H3,(H,22,23)(H,24,25). The second-order valence-electron chi connectivity index (χ2n) is 6.59. The highest BCUT2D eigenvalue weighted by Crippen LogP contribution is 2.30. The van der Waals surface area contributed by atoms with Crippen LogP contribution in [0, 0.1) is 5.41 Å². The van der Waals surface area contributed by atoms with Crippen LogP contribution in [0.1, 0.15) is 57.4 Å². The van der Waals surface area contributed by atoms with Gasteiger partial charge in [-0.1, -0.05) is 50.8 Å². The highest BCUT2D eigenvalue weighted by molar-refractivity contribution is 5.98. The fourth-order valence-corrected chi connectivity index (χ4v) is 2.83. The van der Waals surface area contributed by atoms with Gasteiger partial charge in [0.25, 0.3) is 0 Å². The van der Waals surface area contributed by atoms with Gasteiger partial charge in [0.05, 0.1) is 6.61 Å². The Balaban J connectivity index is 2.54. The predicted octanol–water partition coefficient (Wildman–Crippen LogP) is 4.70. The first-order valence-electron chi connectivity index (χ1n) is 9.25. The summed E-state index contributed by atoms with van der Waals surface area (Å²) in [6, 6.07) is 7.40. The van der Waals surface area contributed by atoms with Crippen molar-refractivity contribution in [3.05, 3.63) is 42.5 Å². The van der Waals surface area contributed by atoms with Gasteiger partial charge >= 0.3 is 11.9 Å². The molecule has 0 aliphatic heterocycles. The van der Waals surface area contributed by atoms with Gasteiger partial charge in [-0.2, -0.15) is 0 Å². The number of carboxylic acid groups (broad SMARTS) is 2. The van der Waals surface area contributed by atoms with Crippen molar-refractivity contribution in [1.29, 1.82) is 0 Å². The van der Waals surface area contributed by atoms with Crippen molar-refractivity contribution in [2.75, 3.05) is 6.61 Å². The summed E-state index contributed by atoms with van der Waals surface area (Å²) in [4.78, 5) is 23.0. The third kappa shape index (κ3) is 6.54. The van der Waals surface area contributed by atoms with Gasteiger partial charge in [-0.3, -0.25) is 9.59 Å². The van der Waals surface area contributed by atoms with Gasteiger partial charge in [-0.25, -0.2) is 0 Å². The number of benzene rings is 1. The maximum atomic E-state index is 11.5. The van der Waals surface area contributed by atoms with Crippen LogP contribution >= 0.6 is 0 Å². The van der Waals surface area contributed by atoms with Crippen molar-refractivity contribution in [1.82, 2.24) is 0 Å². The van der Waals surface area contributed by atoms with Crippen LogP contribution in [0.25, 0.3) is 0 Å². The van der Waals surface area contributed by atoms with Crippen LogP contribution in [-0.2, 0) is 16.0 Å². The minimum atomic E-state index is -1.82. The van der Waals surface area contributed by atoms with E-state index in [0.29, 0.717) is 13.0 Å². The first kappa shape index (κ1) is 21.7. The molecule has 0 saturated heterocycles. The molecule has 0 aliphatic carbocycles. The van der Waals surface area contributed by atoms with Gasteiger partial charge < -0.3 is 14.9 Å². The smallest absolute Gasteiger partial charge is 0.321 e. The van der Waals surface area contributed by atoms with E-state index < -0.39 is 17.4 Å². The molecule has 0 fully saturated rings. The number of allylic oxidation sites excluding steroid dienone is 1. The molecule has 0 unspecified atom stereocenters. The predicted molar refractivity (Wildman–Crippen MR) is 102 cm³/mol. The van der Waals surface area contributed by atoms with E-state index >= 15 is 0 Å². The Morgan fingerprint density at radius 2 is 1.69 bits per heavy atom. The maximum Gasteiger partial charge on any atom is 0.321 e. The quantitative estimate of drug-likeness (QED) is 0.285. The number of aryl methyl sites for hydroxylation is 1. The van der Waals surface area contributed by atoms with Gasteiger partial charge in [-0.05, 0) is 43.4 Å². The average Bonchev–Trinajstić information content (AvgIpc) is 2.62. The van der Waals surface area contributed by atoms with E-state index in [4.69, 9.17) is 4.74 Å². The van der Waals surface area contributed by atoms with Crippen molar-refractivity contribution in [3.63, 3.8) is 0 Å². The molecule has 0 bridgehead atoms. The van der Waals surface area contributed by atoms with Crippen molar-refractivity contribution >= 4 is 11.9 Å². The summed E-state index contributed by atoms with van der Waals surface area (Å²) >= 11 is 0. The van der Waals surface area contributed by atoms with E-state index in [9.17, 15) is 19.8 Å². The number of aliphatic carboxylic acids is 2. The fourth-order valence-electron chi connectivity index (χ4n) is 2.83. The Morgan fingerprint density at radius 1 is 1.08 bits per heavy atom. The van der Waals surface area contributed by atoms with E-state index in [1.54, 1.807) is 0 Å². The zero-order chi connectivity index (χ0) is 19.4. The van der Waals surface area contributed by atoms with Gasteiger partial charge in [0, 0.05) is 0 Å². The summed E-state index contributed by atoms with van der Waals surface area (Å²) < 4.78 is 5.70. The van der Waals surface area contributed by atoms with Crippen molar-refractivity contribution in [3.8, 4) is 5.75 Å². The third-order valence-corrected chi connectivity index (χ3v) is 4.59. The molecule has 0 heterocycles. The molecule has 5 nitrogen and oxygen atoms in total. The molecule has 1 rings (SSSR count). The maximum absolute atomic E-state index is 11.5. The van der Waals surface area contributed by atoms with Crippen molar-refractivity contribution in [2.45, 2.75) is 58.3 Å². The lowest BCUT2D eigenvalue weighted by atomic mass is 9.79. The summed E-state index contributed by atoms with van der Waals surface area (Å²) in [6.07, 6.45) is 7.54. The molecule has 0 aliphatic rings. The van der Waals surface area contributed by atoms with Gasteiger partial charge in [0.1, 0.15) is 5.75 Å². The molecule has 0 radical (unpaired) electrons. The van der Waals surface area contributed by atoms with Crippen LogP contribution in [0.15, 0.2) is 36.9 Å². The average molecular weight is 362 g/mol. The van der Waals surface area contributed by atoms with E-state index in [2.05, 4.69) is 13.5 Å². The highest BCUT2D eigenvalue weighted by atomic mass is 16.5. The normalized spacial score (nSPS) is 11.1. The Bertz CT molecular complexity index is 563. The molecule has 1 aromatic carbocycles. The number of unbranched alkanes of at least 4 members (excludes halogenated alkanes) is 4. The van der Waals surface area contributed by atoms with Crippen molar-refractivity contribution in [2.24, 2.45) is 5.41 Å². The SMILES string of the molecule is C=CCC(CCc1ccc(OCCCCCCC)cc1)(C(=O)O)C(=O)O. The van der Waals surface area contributed by atoms with Crippen LogP contribution in [-0.4, -0.2) is 28.8 Å².